The van der Waals surface area contributed by atoms with Gasteiger partial charge in [-0.25, -0.2) is 8.42 Å². The standard InChI is InChI=1S/C23H33N3O5S/c1-4-5-13-31-21-10-9-18(14-22(21)30-3)16-24-23(27)20-15-19(17-25(20)2)32(28,29)26-11-7-6-8-12-26/h9-10,14-15,17H,4-8,11-13,16H2,1-3H3,(H,24,27). The molecule has 0 radical (unpaired) electrons. The molecule has 0 unspecified atom stereocenters. The van der Waals surface area contributed by atoms with Crippen molar-refractivity contribution in [2.24, 2.45) is 7.05 Å². The molecule has 1 N–H and O–H groups in total. The fraction of sp³-hybridized carbons (Fsp3) is 0.522. The van der Waals surface area contributed by atoms with Crippen LogP contribution >= 0.6 is 0 Å². The van der Waals surface area contributed by atoms with Gasteiger partial charge in [0.1, 0.15) is 10.6 Å². The highest BCUT2D eigenvalue weighted by atomic mass is 32.2. The number of amides is 1. The molecular weight excluding hydrogens is 430 g/mol. The number of carbonyl (C=O) groups is 1. The number of unbranched alkanes of at least 4 members (excludes halogenated alkanes) is 1. The highest BCUT2D eigenvalue weighted by molar-refractivity contribution is 7.89. The number of methoxy groups -OCH3 is 1. The molecule has 176 valence electrons. The summed E-state index contributed by atoms with van der Waals surface area (Å²) in [4.78, 5) is 12.9. The second-order valence-corrected chi connectivity index (χ2v) is 9.94. The number of rotatable bonds is 10. The molecule has 8 nitrogen and oxygen atoms in total. The van der Waals surface area contributed by atoms with E-state index >= 15 is 0 Å². The van der Waals surface area contributed by atoms with E-state index in [0.717, 1.165) is 37.7 Å². The van der Waals surface area contributed by atoms with Crippen LogP contribution in [0.2, 0.25) is 0 Å². The molecule has 0 spiro atoms. The number of piperidine rings is 1. The fourth-order valence-corrected chi connectivity index (χ4v) is 5.28. The van der Waals surface area contributed by atoms with E-state index in [0.29, 0.717) is 36.9 Å². The first-order valence-corrected chi connectivity index (χ1v) is 12.5. The molecule has 1 fully saturated rings. The molecule has 3 rings (SSSR count). The third-order valence-electron chi connectivity index (χ3n) is 5.60. The van der Waals surface area contributed by atoms with Gasteiger partial charge in [-0.05, 0) is 43.0 Å². The van der Waals surface area contributed by atoms with Gasteiger partial charge < -0.3 is 19.4 Å². The van der Waals surface area contributed by atoms with Crippen molar-refractivity contribution in [2.45, 2.75) is 50.5 Å². The van der Waals surface area contributed by atoms with Crippen LogP contribution in [0.5, 0.6) is 11.5 Å². The third kappa shape index (κ3) is 5.63. The van der Waals surface area contributed by atoms with Crippen LogP contribution in [-0.2, 0) is 23.6 Å². The number of nitrogens with zero attached hydrogens (tertiary/aromatic N) is 2. The van der Waals surface area contributed by atoms with E-state index in [9.17, 15) is 13.2 Å². The molecule has 1 saturated heterocycles. The monoisotopic (exact) mass is 463 g/mol. The lowest BCUT2D eigenvalue weighted by atomic mass is 10.2. The van der Waals surface area contributed by atoms with Crippen LogP contribution in [0.25, 0.3) is 0 Å². The van der Waals surface area contributed by atoms with E-state index in [2.05, 4.69) is 12.2 Å². The highest BCUT2D eigenvalue weighted by Gasteiger charge is 2.28. The number of nitrogens with one attached hydrogen (secondary N) is 1. The summed E-state index contributed by atoms with van der Waals surface area (Å²) in [7, 11) is -0.328. The molecule has 32 heavy (non-hydrogen) atoms. The number of aryl methyl sites for hydroxylation is 1. The summed E-state index contributed by atoms with van der Waals surface area (Å²) in [5.41, 5.74) is 1.15. The summed E-state index contributed by atoms with van der Waals surface area (Å²) in [6.45, 7) is 4.06. The summed E-state index contributed by atoms with van der Waals surface area (Å²) in [6, 6.07) is 6.99. The molecule has 0 bridgehead atoms. The zero-order chi connectivity index (χ0) is 23.1. The molecule has 1 aliphatic heterocycles. The fourth-order valence-electron chi connectivity index (χ4n) is 3.70. The molecule has 0 atom stereocenters. The van der Waals surface area contributed by atoms with Crippen molar-refractivity contribution < 1.29 is 22.7 Å². The predicted octanol–water partition coefficient (Wildman–Crippen LogP) is 3.32. The van der Waals surface area contributed by atoms with Crippen molar-refractivity contribution in [3.05, 3.63) is 41.7 Å². The van der Waals surface area contributed by atoms with Gasteiger partial charge in [-0.1, -0.05) is 25.8 Å². The minimum absolute atomic E-state index is 0.155. The molecular formula is C23H33N3O5S. The minimum atomic E-state index is -3.59. The van der Waals surface area contributed by atoms with Crippen molar-refractivity contribution in [3.8, 4) is 11.5 Å². The first-order chi connectivity index (χ1) is 15.4. The highest BCUT2D eigenvalue weighted by Crippen LogP contribution is 2.28. The van der Waals surface area contributed by atoms with Gasteiger partial charge in [-0.2, -0.15) is 4.31 Å². The number of hydrogen-bond acceptors (Lipinski definition) is 5. The van der Waals surface area contributed by atoms with E-state index < -0.39 is 10.0 Å². The predicted molar refractivity (Wildman–Crippen MR) is 123 cm³/mol. The van der Waals surface area contributed by atoms with Crippen molar-refractivity contribution >= 4 is 15.9 Å². The number of hydrogen-bond donors (Lipinski definition) is 1. The Morgan fingerprint density at radius 2 is 1.88 bits per heavy atom. The average molecular weight is 464 g/mol. The second kappa shape index (κ2) is 10.9. The van der Waals surface area contributed by atoms with Crippen LogP contribution in [0.15, 0.2) is 35.4 Å². The van der Waals surface area contributed by atoms with E-state index in [1.807, 2.05) is 18.2 Å². The molecule has 0 aliphatic carbocycles. The van der Waals surface area contributed by atoms with E-state index in [1.54, 1.807) is 18.7 Å². The number of ether oxygens (including phenoxy) is 2. The molecule has 1 aromatic carbocycles. The van der Waals surface area contributed by atoms with Crippen molar-refractivity contribution in [2.75, 3.05) is 26.8 Å². The van der Waals surface area contributed by atoms with Crippen LogP contribution in [-0.4, -0.2) is 50.0 Å². The third-order valence-corrected chi connectivity index (χ3v) is 7.47. The lowest BCUT2D eigenvalue weighted by Gasteiger charge is -2.25. The smallest absolute Gasteiger partial charge is 0.268 e. The SMILES string of the molecule is CCCCOc1ccc(CNC(=O)c2cc(S(=O)(=O)N3CCCCC3)cn2C)cc1OC. The lowest BCUT2D eigenvalue weighted by molar-refractivity contribution is 0.0942. The van der Waals surface area contributed by atoms with Gasteiger partial charge >= 0.3 is 0 Å². The maximum atomic E-state index is 12.9. The Hall–Kier alpha value is -2.52. The van der Waals surface area contributed by atoms with Crippen LogP contribution in [0.4, 0.5) is 0 Å². The second-order valence-electron chi connectivity index (χ2n) is 8.01. The molecule has 2 heterocycles. The van der Waals surface area contributed by atoms with Gasteiger partial charge in [-0.15, -0.1) is 0 Å². The van der Waals surface area contributed by atoms with Gasteiger partial charge in [0.2, 0.25) is 10.0 Å². The lowest BCUT2D eigenvalue weighted by Crippen LogP contribution is -2.35. The number of carbonyl (C=O) groups excluding carboxylic acids is 1. The summed E-state index contributed by atoms with van der Waals surface area (Å²) in [5, 5.41) is 2.86. The first kappa shape index (κ1) is 24.1. The van der Waals surface area contributed by atoms with E-state index in [-0.39, 0.29) is 17.3 Å². The largest absolute Gasteiger partial charge is 0.493 e. The van der Waals surface area contributed by atoms with Crippen molar-refractivity contribution in [1.82, 2.24) is 14.2 Å². The molecule has 2 aromatic rings. The van der Waals surface area contributed by atoms with E-state index in [1.165, 1.54) is 16.6 Å². The Labute approximate surface area is 190 Å². The number of aromatic nitrogens is 1. The number of benzene rings is 1. The summed E-state index contributed by atoms with van der Waals surface area (Å²) in [5.74, 6) is 0.947. The summed E-state index contributed by atoms with van der Waals surface area (Å²) < 4.78 is 40.0. The Morgan fingerprint density at radius 3 is 2.56 bits per heavy atom. The van der Waals surface area contributed by atoms with Crippen LogP contribution in [0.1, 0.15) is 55.1 Å². The van der Waals surface area contributed by atoms with Gasteiger partial charge in [0.05, 0.1) is 13.7 Å². The van der Waals surface area contributed by atoms with Crippen LogP contribution in [0, 0.1) is 0 Å². The molecule has 1 aliphatic rings. The Morgan fingerprint density at radius 1 is 1.12 bits per heavy atom. The Bertz CT molecular complexity index is 1030. The first-order valence-electron chi connectivity index (χ1n) is 11.1. The molecule has 0 saturated carbocycles. The zero-order valence-corrected chi connectivity index (χ0v) is 19.9. The van der Waals surface area contributed by atoms with Crippen LogP contribution in [0.3, 0.4) is 0 Å². The van der Waals surface area contributed by atoms with Gasteiger partial charge in [0.15, 0.2) is 11.5 Å². The molecule has 1 amide bonds. The van der Waals surface area contributed by atoms with Gasteiger partial charge in [0, 0.05) is 32.9 Å². The average Bonchev–Trinajstić information content (AvgIpc) is 3.21. The van der Waals surface area contributed by atoms with Gasteiger partial charge in [0.25, 0.3) is 5.91 Å². The number of sulfonamides is 1. The zero-order valence-electron chi connectivity index (χ0n) is 19.1. The Kier molecular flexibility index (Phi) is 8.20. The van der Waals surface area contributed by atoms with E-state index in [4.69, 9.17) is 9.47 Å². The normalized spacial score (nSPS) is 14.8. The molecule has 9 heteroatoms. The summed E-state index contributed by atoms with van der Waals surface area (Å²) >= 11 is 0. The maximum Gasteiger partial charge on any atom is 0.268 e. The quantitative estimate of drug-likeness (QED) is 0.546. The molecule has 1 aromatic heterocycles. The van der Waals surface area contributed by atoms with Crippen molar-refractivity contribution in [1.29, 1.82) is 0 Å². The van der Waals surface area contributed by atoms with Gasteiger partial charge in [-0.3, -0.25) is 4.79 Å². The minimum Gasteiger partial charge on any atom is -0.493 e. The topological polar surface area (TPSA) is 89.9 Å². The Balaban J connectivity index is 1.66. The van der Waals surface area contributed by atoms with Crippen LogP contribution < -0.4 is 14.8 Å². The summed E-state index contributed by atoms with van der Waals surface area (Å²) in [6.07, 6.45) is 6.30. The van der Waals surface area contributed by atoms with Crippen molar-refractivity contribution in [3.63, 3.8) is 0 Å². The maximum absolute atomic E-state index is 12.9.